The summed E-state index contributed by atoms with van der Waals surface area (Å²) in [4.78, 5) is 0. The molecule has 0 aromatic heterocycles. The normalized spacial score (nSPS) is 19.1. The summed E-state index contributed by atoms with van der Waals surface area (Å²) in [6.07, 6.45) is -3.10. The van der Waals surface area contributed by atoms with Crippen LogP contribution in [0.2, 0.25) is 0 Å². The first-order chi connectivity index (χ1) is 12.9. The lowest BCUT2D eigenvalue weighted by Crippen LogP contribution is -2.41. The second kappa shape index (κ2) is 7.05. The molecule has 148 valence electrons. The smallest absolute Gasteiger partial charge is 0.398 e. The van der Waals surface area contributed by atoms with Crippen molar-refractivity contribution in [3.8, 4) is 11.1 Å². The van der Waals surface area contributed by atoms with E-state index < -0.39 is 35.8 Å². The van der Waals surface area contributed by atoms with Gasteiger partial charge in [-0.25, -0.2) is 4.39 Å². The minimum atomic E-state index is -4.40. The number of alkyl halides is 3. The van der Waals surface area contributed by atoms with Crippen LogP contribution in [0.25, 0.3) is 17.2 Å². The molecule has 28 heavy (non-hydrogen) atoms. The van der Waals surface area contributed by atoms with E-state index in [4.69, 9.17) is 9.31 Å². The number of rotatable bonds is 3. The molecular weight excluding hydrogens is 371 g/mol. The third-order valence-electron chi connectivity index (χ3n) is 5.26. The van der Waals surface area contributed by atoms with Gasteiger partial charge in [-0.2, -0.15) is 13.2 Å². The van der Waals surface area contributed by atoms with Crippen LogP contribution in [0, 0.1) is 0 Å². The van der Waals surface area contributed by atoms with Gasteiger partial charge in [0.2, 0.25) is 0 Å². The van der Waals surface area contributed by atoms with Gasteiger partial charge in [0.1, 0.15) is 5.73 Å². The van der Waals surface area contributed by atoms with Gasteiger partial charge in [-0.05, 0) is 62.6 Å². The first kappa shape index (κ1) is 20.6. The SMILES string of the molecule is CC1(C)OB(C(F)=Cc2ccccc2-c2ccc(C(F)(F)F)cc2)OC1(C)C. The Balaban J connectivity index is 1.92. The van der Waals surface area contributed by atoms with E-state index in [0.29, 0.717) is 16.7 Å². The molecule has 0 aliphatic carbocycles. The molecule has 0 unspecified atom stereocenters. The average molecular weight is 392 g/mol. The lowest BCUT2D eigenvalue weighted by molar-refractivity contribution is -0.137. The van der Waals surface area contributed by atoms with Crippen LogP contribution in [-0.4, -0.2) is 18.3 Å². The lowest BCUT2D eigenvalue weighted by atomic mass is 9.85. The fraction of sp³-hybridized carbons (Fsp3) is 0.333. The molecule has 1 fully saturated rings. The van der Waals surface area contributed by atoms with Crippen molar-refractivity contribution >= 4 is 13.2 Å². The van der Waals surface area contributed by atoms with Gasteiger partial charge in [-0.3, -0.25) is 0 Å². The molecular formula is C21H21BF4O2. The molecule has 0 N–H and O–H groups in total. The molecule has 2 nitrogen and oxygen atoms in total. The predicted octanol–water partition coefficient (Wildman–Crippen LogP) is 6.31. The van der Waals surface area contributed by atoms with Gasteiger partial charge in [0, 0.05) is 0 Å². The zero-order valence-electron chi connectivity index (χ0n) is 16.1. The molecule has 0 spiro atoms. The van der Waals surface area contributed by atoms with Crippen molar-refractivity contribution < 1.29 is 26.9 Å². The number of halogens is 4. The summed E-state index contributed by atoms with van der Waals surface area (Å²) in [6, 6.07) is 11.7. The van der Waals surface area contributed by atoms with Crippen LogP contribution in [0.3, 0.4) is 0 Å². The van der Waals surface area contributed by atoms with Crippen LogP contribution in [-0.2, 0) is 15.5 Å². The van der Waals surface area contributed by atoms with E-state index in [9.17, 15) is 17.6 Å². The van der Waals surface area contributed by atoms with Gasteiger partial charge in [-0.15, -0.1) is 0 Å². The van der Waals surface area contributed by atoms with E-state index >= 15 is 0 Å². The van der Waals surface area contributed by atoms with Crippen molar-refractivity contribution in [2.45, 2.75) is 45.1 Å². The van der Waals surface area contributed by atoms with E-state index in [1.54, 1.807) is 24.3 Å². The second-order valence-corrected chi connectivity index (χ2v) is 7.78. The maximum Gasteiger partial charge on any atom is 0.525 e. The van der Waals surface area contributed by atoms with E-state index in [2.05, 4.69) is 0 Å². The molecule has 0 radical (unpaired) electrons. The molecule has 7 heteroatoms. The Kier molecular flexibility index (Phi) is 5.19. The zero-order valence-corrected chi connectivity index (χ0v) is 16.1. The van der Waals surface area contributed by atoms with Gasteiger partial charge >= 0.3 is 13.3 Å². The summed E-state index contributed by atoms with van der Waals surface area (Å²) in [6.45, 7) is 7.32. The summed E-state index contributed by atoms with van der Waals surface area (Å²) in [7, 11) is -1.13. The van der Waals surface area contributed by atoms with Crippen molar-refractivity contribution in [3.05, 3.63) is 65.4 Å². The topological polar surface area (TPSA) is 18.5 Å². The van der Waals surface area contributed by atoms with Crippen LogP contribution in [0.4, 0.5) is 17.6 Å². The summed E-state index contributed by atoms with van der Waals surface area (Å²) in [5.74, 6) is 0. The monoisotopic (exact) mass is 392 g/mol. The van der Waals surface area contributed by atoms with Crippen molar-refractivity contribution in [1.29, 1.82) is 0 Å². The predicted molar refractivity (Wildman–Crippen MR) is 102 cm³/mol. The lowest BCUT2D eigenvalue weighted by Gasteiger charge is -2.32. The van der Waals surface area contributed by atoms with E-state index in [1.807, 2.05) is 27.7 Å². The van der Waals surface area contributed by atoms with Gasteiger partial charge < -0.3 is 9.31 Å². The maximum atomic E-state index is 14.9. The molecule has 2 aromatic carbocycles. The van der Waals surface area contributed by atoms with Crippen LogP contribution in [0.5, 0.6) is 0 Å². The highest BCUT2D eigenvalue weighted by Crippen LogP contribution is 2.39. The number of hydrogen-bond donors (Lipinski definition) is 0. The Labute approximate surface area is 162 Å². The highest BCUT2D eigenvalue weighted by molar-refractivity contribution is 6.54. The Morgan fingerprint density at radius 2 is 1.43 bits per heavy atom. The summed E-state index contributed by atoms with van der Waals surface area (Å²) in [5.41, 5.74) is -0.976. The Morgan fingerprint density at radius 1 is 0.893 bits per heavy atom. The summed E-state index contributed by atoms with van der Waals surface area (Å²) >= 11 is 0. The molecule has 1 heterocycles. The number of benzene rings is 2. The first-order valence-corrected chi connectivity index (χ1v) is 8.90. The van der Waals surface area contributed by atoms with E-state index in [1.165, 1.54) is 18.2 Å². The minimum absolute atomic E-state index is 0.523. The first-order valence-electron chi connectivity index (χ1n) is 8.90. The molecule has 0 saturated carbocycles. The molecule has 2 aromatic rings. The second-order valence-electron chi connectivity index (χ2n) is 7.78. The molecule has 0 atom stereocenters. The standard InChI is InChI=1S/C21H21BF4O2/c1-19(2)20(3,4)28-22(27-19)18(23)13-15-7-5-6-8-17(15)14-9-11-16(12-10-14)21(24,25)26/h5-13H,1-4H3. The third-order valence-corrected chi connectivity index (χ3v) is 5.26. The van der Waals surface area contributed by atoms with Crippen LogP contribution in [0.1, 0.15) is 38.8 Å². The van der Waals surface area contributed by atoms with E-state index in [0.717, 1.165) is 12.1 Å². The Morgan fingerprint density at radius 3 is 1.96 bits per heavy atom. The van der Waals surface area contributed by atoms with Crippen LogP contribution in [0.15, 0.2) is 54.3 Å². The highest BCUT2D eigenvalue weighted by Gasteiger charge is 2.53. The summed E-state index contributed by atoms with van der Waals surface area (Å²) in [5, 5.41) is 0. The van der Waals surface area contributed by atoms with E-state index in [-0.39, 0.29) is 0 Å². The molecule has 1 aliphatic heterocycles. The Bertz CT molecular complexity index is 870. The summed E-state index contributed by atoms with van der Waals surface area (Å²) < 4.78 is 64.6. The van der Waals surface area contributed by atoms with Gasteiger partial charge in [-0.1, -0.05) is 36.4 Å². The van der Waals surface area contributed by atoms with Gasteiger partial charge in [0.25, 0.3) is 0 Å². The van der Waals surface area contributed by atoms with Crippen molar-refractivity contribution in [3.63, 3.8) is 0 Å². The number of hydrogen-bond acceptors (Lipinski definition) is 2. The third kappa shape index (κ3) is 4.01. The highest BCUT2D eigenvalue weighted by atomic mass is 19.4. The zero-order chi connectivity index (χ0) is 20.7. The van der Waals surface area contributed by atoms with Crippen LogP contribution < -0.4 is 0 Å². The van der Waals surface area contributed by atoms with Crippen molar-refractivity contribution in [1.82, 2.24) is 0 Å². The van der Waals surface area contributed by atoms with Crippen LogP contribution >= 0.6 is 0 Å². The quantitative estimate of drug-likeness (QED) is 0.450. The molecule has 0 bridgehead atoms. The fourth-order valence-corrected chi connectivity index (χ4v) is 2.90. The molecule has 1 aliphatic rings. The fourth-order valence-electron chi connectivity index (χ4n) is 2.90. The molecule has 0 amide bonds. The van der Waals surface area contributed by atoms with Crippen molar-refractivity contribution in [2.24, 2.45) is 0 Å². The van der Waals surface area contributed by atoms with Gasteiger partial charge in [0.05, 0.1) is 16.8 Å². The Hall–Kier alpha value is -2.12. The van der Waals surface area contributed by atoms with Crippen molar-refractivity contribution in [2.75, 3.05) is 0 Å². The minimum Gasteiger partial charge on any atom is -0.398 e. The molecule has 3 rings (SSSR count). The average Bonchev–Trinajstić information content (AvgIpc) is 2.82. The largest absolute Gasteiger partial charge is 0.525 e. The van der Waals surface area contributed by atoms with Gasteiger partial charge in [0.15, 0.2) is 0 Å². The molecule has 1 saturated heterocycles. The maximum absolute atomic E-state index is 14.9.